The highest BCUT2D eigenvalue weighted by atomic mass is 16.3. The zero-order valence-electron chi connectivity index (χ0n) is 30.8. The maximum absolute atomic E-state index is 6.64. The number of anilines is 3. The molecule has 0 saturated carbocycles. The quantitative estimate of drug-likeness (QED) is 0.177. The van der Waals surface area contributed by atoms with Crippen LogP contribution in [0.4, 0.5) is 17.1 Å². The van der Waals surface area contributed by atoms with Gasteiger partial charge in [-0.3, -0.25) is 0 Å². The lowest BCUT2D eigenvalue weighted by Gasteiger charge is -2.29. The largest absolute Gasteiger partial charge is 0.455 e. The van der Waals surface area contributed by atoms with Crippen LogP contribution in [-0.2, 0) is 5.41 Å². The van der Waals surface area contributed by atoms with E-state index in [-0.39, 0.29) is 5.41 Å². The predicted octanol–water partition coefficient (Wildman–Crippen LogP) is 15.0. The van der Waals surface area contributed by atoms with Gasteiger partial charge in [0, 0.05) is 38.3 Å². The lowest BCUT2D eigenvalue weighted by Crippen LogP contribution is -2.16. The van der Waals surface area contributed by atoms with Crippen molar-refractivity contribution < 1.29 is 4.42 Å². The fourth-order valence-corrected chi connectivity index (χ4v) is 9.18. The second kappa shape index (κ2) is 12.1. The van der Waals surface area contributed by atoms with E-state index in [2.05, 4.69) is 207 Å². The van der Waals surface area contributed by atoms with Gasteiger partial charge in [0.05, 0.1) is 5.69 Å². The van der Waals surface area contributed by atoms with Gasteiger partial charge in [0.2, 0.25) is 0 Å². The average Bonchev–Trinajstić information content (AvgIpc) is 3.73. The number of nitrogens with zero attached hydrogens (tertiary/aromatic N) is 1. The Morgan fingerprint density at radius 2 is 1.02 bits per heavy atom. The molecule has 260 valence electrons. The molecular weight excluding hydrogens is 667 g/mol. The molecule has 55 heavy (non-hydrogen) atoms. The Kier molecular flexibility index (Phi) is 6.93. The third-order valence-electron chi connectivity index (χ3n) is 11.9. The molecule has 0 spiro atoms. The molecule has 1 aliphatic rings. The number of furan rings is 1. The molecule has 0 amide bonds. The van der Waals surface area contributed by atoms with Gasteiger partial charge in [0.1, 0.15) is 11.2 Å². The van der Waals surface area contributed by atoms with Crippen LogP contribution in [0.1, 0.15) is 25.0 Å². The summed E-state index contributed by atoms with van der Waals surface area (Å²) < 4.78 is 6.64. The van der Waals surface area contributed by atoms with Gasteiger partial charge in [-0.2, -0.15) is 0 Å². The SMILES string of the molecule is CC1(C)c2ccccc2-c2ccc(N(c3ccccc3)c3ccc(-c4cc5c6cc(-c7ccccc7)ccc6oc5c5ccccc45)c4ccccc34)cc21. The van der Waals surface area contributed by atoms with Gasteiger partial charge in [0.15, 0.2) is 0 Å². The van der Waals surface area contributed by atoms with Crippen LogP contribution in [0, 0.1) is 0 Å². The Bertz CT molecular complexity index is 3120. The summed E-state index contributed by atoms with van der Waals surface area (Å²) in [5, 5.41) is 6.95. The zero-order valence-corrected chi connectivity index (χ0v) is 30.8. The van der Waals surface area contributed by atoms with E-state index in [0.717, 1.165) is 44.4 Å². The van der Waals surface area contributed by atoms with Gasteiger partial charge in [-0.05, 0) is 104 Å². The minimum Gasteiger partial charge on any atom is -0.455 e. The van der Waals surface area contributed by atoms with Crippen molar-refractivity contribution in [3.63, 3.8) is 0 Å². The monoisotopic (exact) mass is 703 g/mol. The minimum absolute atomic E-state index is 0.102. The second-order valence-corrected chi connectivity index (χ2v) is 15.3. The van der Waals surface area contributed by atoms with E-state index in [1.54, 1.807) is 0 Å². The van der Waals surface area contributed by atoms with Gasteiger partial charge in [0.25, 0.3) is 0 Å². The maximum atomic E-state index is 6.64. The number of benzene rings is 9. The van der Waals surface area contributed by atoms with Gasteiger partial charge in [-0.1, -0.05) is 153 Å². The van der Waals surface area contributed by atoms with Crippen LogP contribution < -0.4 is 4.90 Å². The Morgan fingerprint density at radius 1 is 0.382 bits per heavy atom. The Labute approximate surface area is 320 Å². The molecule has 1 aromatic heterocycles. The molecule has 9 aromatic carbocycles. The van der Waals surface area contributed by atoms with Crippen LogP contribution in [0.25, 0.3) is 76.9 Å². The third-order valence-corrected chi connectivity index (χ3v) is 11.9. The molecule has 0 aliphatic heterocycles. The van der Waals surface area contributed by atoms with Crippen molar-refractivity contribution in [3.8, 4) is 33.4 Å². The van der Waals surface area contributed by atoms with E-state index in [4.69, 9.17) is 4.42 Å². The Morgan fingerprint density at radius 3 is 1.82 bits per heavy atom. The van der Waals surface area contributed by atoms with Gasteiger partial charge >= 0.3 is 0 Å². The molecule has 0 atom stereocenters. The highest BCUT2D eigenvalue weighted by Crippen LogP contribution is 2.51. The van der Waals surface area contributed by atoms with E-state index < -0.39 is 0 Å². The maximum Gasteiger partial charge on any atom is 0.143 e. The summed E-state index contributed by atoms with van der Waals surface area (Å²) in [7, 11) is 0. The van der Waals surface area contributed by atoms with E-state index in [1.807, 2.05) is 0 Å². The van der Waals surface area contributed by atoms with E-state index in [1.165, 1.54) is 60.7 Å². The van der Waals surface area contributed by atoms with E-state index in [9.17, 15) is 0 Å². The topological polar surface area (TPSA) is 16.4 Å². The van der Waals surface area contributed by atoms with Crippen molar-refractivity contribution >= 4 is 60.5 Å². The second-order valence-electron chi connectivity index (χ2n) is 15.3. The fraction of sp³-hybridized carbons (Fsp3) is 0.0566. The van der Waals surface area contributed by atoms with Crippen LogP contribution in [0.2, 0.25) is 0 Å². The first-order valence-corrected chi connectivity index (χ1v) is 19.1. The highest BCUT2D eigenvalue weighted by Gasteiger charge is 2.36. The molecule has 2 nitrogen and oxygen atoms in total. The van der Waals surface area contributed by atoms with Crippen LogP contribution in [0.3, 0.4) is 0 Å². The molecule has 2 heteroatoms. The summed E-state index contributed by atoms with van der Waals surface area (Å²) in [6, 6.07) is 68.4. The van der Waals surface area contributed by atoms with Crippen molar-refractivity contribution in [2.24, 2.45) is 0 Å². The minimum atomic E-state index is -0.102. The van der Waals surface area contributed by atoms with Crippen LogP contribution in [0.15, 0.2) is 192 Å². The smallest absolute Gasteiger partial charge is 0.143 e. The summed E-state index contributed by atoms with van der Waals surface area (Å²) in [6.45, 7) is 4.71. The van der Waals surface area contributed by atoms with E-state index in [0.29, 0.717) is 0 Å². The third kappa shape index (κ3) is 4.81. The van der Waals surface area contributed by atoms with Crippen molar-refractivity contribution in [1.82, 2.24) is 0 Å². The molecule has 0 N–H and O–H groups in total. The molecular formula is C53H37NO. The van der Waals surface area contributed by atoms with Crippen LogP contribution in [-0.4, -0.2) is 0 Å². The van der Waals surface area contributed by atoms with Gasteiger partial charge in [-0.25, -0.2) is 0 Å². The normalized spacial score (nSPS) is 13.1. The lowest BCUT2D eigenvalue weighted by molar-refractivity contribution is 0.660. The summed E-state index contributed by atoms with van der Waals surface area (Å²) in [5.41, 5.74) is 15.3. The molecule has 0 radical (unpaired) electrons. The molecule has 11 rings (SSSR count). The van der Waals surface area contributed by atoms with Crippen molar-refractivity contribution in [2.75, 3.05) is 4.90 Å². The number of para-hydroxylation sites is 1. The fourth-order valence-electron chi connectivity index (χ4n) is 9.18. The van der Waals surface area contributed by atoms with Crippen LogP contribution in [0.5, 0.6) is 0 Å². The number of hydrogen-bond acceptors (Lipinski definition) is 2. The Hall–Kier alpha value is -6.90. The molecule has 10 aromatic rings. The summed E-state index contributed by atoms with van der Waals surface area (Å²) in [4.78, 5) is 2.43. The van der Waals surface area contributed by atoms with Crippen molar-refractivity contribution in [2.45, 2.75) is 19.3 Å². The molecule has 0 saturated heterocycles. The predicted molar refractivity (Wildman–Crippen MR) is 232 cm³/mol. The zero-order chi connectivity index (χ0) is 36.7. The molecule has 1 heterocycles. The molecule has 1 aliphatic carbocycles. The lowest BCUT2D eigenvalue weighted by atomic mass is 9.82. The first-order chi connectivity index (χ1) is 27.0. The molecule has 0 fully saturated rings. The number of rotatable bonds is 5. The summed E-state index contributed by atoms with van der Waals surface area (Å²) >= 11 is 0. The first-order valence-electron chi connectivity index (χ1n) is 19.1. The first kappa shape index (κ1) is 31.6. The summed E-state index contributed by atoms with van der Waals surface area (Å²) in [6.07, 6.45) is 0. The molecule has 0 bridgehead atoms. The van der Waals surface area contributed by atoms with E-state index >= 15 is 0 Å². The molecule has 0 unspecified atom stereocenters. The summed E-state index contributed by atoms with van der Waals surface area (Å²) in [5.74, 6) is 0. The van der Waals surface area contributed by atoms with Crippen molar-refractivity contribution in [1.29, 1.82) is 0 Å². The average molecular weight is 704 g/mol. The van der Waals surface area contributed by atoms with Gasteiger partial charge < -0.3 is 9.32 Å². The number of hydrogen-bond donors (Lipinski definition) is 0. The van der Waals surface area contributed by atoms with Gasteiger partial charge in [-0.15, -0.1) is 0 Å². The Balaban J connectivity index is 1.13. The standard InChI is InChI=1S/C53H37NO/c1-53(2)48-24-14-13-21-41(48)42-27-26-37(32-49(42)53)54(36-17-7-4-8-18-36)50-29-28-40(38-19-9-11-22-43(38)50)45-33-47-46-31-35(34-15-5-3-6-16-34)25-30-51(46)55-52(47)44-23-12-10-20-39(44)45/h3-33H,1-2H3. The van der Waals surface area contributed by atoms with Crippen molar-refractivity contribution in [3.05, 3.63) is 199 Å². The van der Waals surface area contributed by atoms with Crippen LogP contribution >= 0.6 is 0 Å². The highest BCUT2D eigenvalue weighted by molar-refractivity contribution is 6.21. The number of fused-ring (bicyclic) bond motifs is 9.